The SMILES string of the molecule is COCCN(C(=O)c1ccc(S(C)(=O)=O)cc1)c1nc2ccccc2s1. The van der Waals surface area contributed by atoms with Crippen molar-refractivity contribution in [2.24, 2.45) is 0 Å². The molecule has 6 nitrogen and oxygen atoms in total. The van der Waals surface area contributed by atoms with Gasteiger partial charge in [-0.05, 0) is 36.4 Å². The Morgan fingerprint density at radius 3 is 2.46 bits per heavy atom. The number of benzene rings is 2. The molecule has 0 fully saturated rings. The number of aromatic nitrogens is 1. The van der Waals surface area contributed by atoms with E-state index >= 15 is 0 Å². The number of rotatable bonds is 6. The van der Waals surface area contributed by atoms with E-state index < -0.39 is 9.84 Å². The largest absolute Gasteiger partial charge is 0.383 e. The Balaban J connectivity index is 1.95. The summed E-state index contributed by atoms with van der Waals surface area (Å²) in [6.45, 7) is 0.714. The monoisotopic (exact) mass is 390 g/mol. The molecule has 0 unspecified atom stereocenters. The van der Waals surface area contributed by atoms with Crippen LogP contribution in [0, 0.1) is 0 Å². The van der Waals surface area contributed by atoms with E-state index in [1.165, 1.54) is 35.6 Å². The maximum atomic E-state index is 13.0. The number of ether oxygens (including phenoxy) is 1. The first-order chi connectivity index (χ1) is 12.4. The molecule has 1 amide bonds. The Bertz CT molecular complexity index is 994. The van der Waals surface area contributed by atoms with Gasteiger partial charge in [-0.15, -0.1) is 0 Å². The van der Waals surface area contributed by atoms with Gasteiger partial charge in [0.1, 0.15) is 0 Å². The number of para-hydroxylation sites is 1. The van der Waals surface area contributed by atoms with Crippen LogP contribution in [0.25, 0.3) is 10.2 Å². The summed E-state index contributed by atoms with van der Waals surface area (Å²) in [5, 5.41) is 0.584. The van der Waals surface area contributed by atoms with Crippen molar-refractivity contribution >= 4 is 42.4 Å². The lowest BCUT2D eigenvalue weighted by molar-refractivity contribution is 0.0976. The van der Waals surface area contributed by atoms with Gasteiger partial charge < -0.3 is 4.74 Å². The second kappa shape index (κ2) is 7.53. The molecule has 1 heterocycles. The molecule has 0 aliphatic rings. The molecule has 3 aromatic rings. The molecule has 0 atom stereocenters. The smallest absolute Gasteiger partial charge is 0.260 e. The van der Waals surface area contributed by atoms with Crippen molar-refractivity contribution in [3.05, 3.63) is 54.1 Å². The summed E-state index contributed by atoms with van der Waals surface area (Å²) in [5.41, 5.74) is 1.22. The van der Waals surface area contributed by atoms with E-state index in [1.54, 1.807) is 12.0 Å². The van der Waals surface area contributed by atoms with Crippen molar-refractivity contribution in [1.82, 2.24) is 4.98 Å². The Hall–Kier alpha value is -2.29. The van der Waals surface area contributed by atoms with Gasteiger partial charge in [0.15, 0.2) is 15.0 Å². The molecule has 3 rings (SSSR count). The minimum atomic E-state index is -3.30. The molecular formula is C18H18N2O4S2. The standard InChI is InChI=1S/C18H18N2O4S2/c1-24-12-11-20(18-19-15-5-3-4-6-16(15)25-18)17(21)13-7-9-14(10-8-13)26(2,22)23/h3-10H,11-12H2,1-2H3. The first-order valence-electron chi connectivity index (χ1n) is 7.86. The van der Waals surface area contributed by atoms with Crippen molar-refractivity contribution in [3.8, 4) is 0 Å². The molecule has 0 saturated carbocycles. The summed E-state index contributed by atoms with van der Waals surface area (Å²) >= 11 is 1.43. The minimum Gasteiger partial charge on any atom is -0.383 e. The normalized spacial score (nSPS) is 11.6. The van der Waals surface area contributed by atoms with Crippen LogP contribution in [-0.4, -0.2) is 45.8 Å². The van der Waals surface area contributed by atoms with Crippen LogP contribution in [0.2, 0.25) is 0 Å². The topological polar surface area (TPSA) is 76.6 Å². The minimum absolute atomic E-state index is 0.178. The maximum absolute atomic E-state index is 13.0. The van der Waals surface area contributed by atoms with Gasteiger partial charge in [-0.25, -0.2) is 13.4 Å². The molecule has 26 heavy (non-hydrogen) atoms. The van der Waals surface area contributed by atoms with E-state index in [0.29, 0.717) is 23.8 Å². The van der Waals surface area contributed by atoms with Crippen LogP contribution < -0.4 is 4.90 Å². The average molecular weight is 390 g/mol. The highest BCUT2D eigenvalue weighted by Gasteiger charge is 2.21. The summed E-state index contributed by atoms with van der Waals surface area (Å²) in [4.78, 5) is 19.3. The van der Waals surface area contributed by atoms with Crippen molar-refractivity contribution in [1.29, 1.82) is 0 Å². The molecule has 0 radical (unpaired) electrons. The molecule has 8 heteroatoms. The van der Waals surface area contributed by atoms with Crippen molar-refractivity contribution in [2.75, 3.05) is 31.4 Å². The van der Waals surface area contributed by atoms with Crippen LogP contribution in [0.15, 0.2) is 53.4 Å². The number of nitrogens with zero attached hydrogens (tertiary/aromatic N) is 2. The fraction of sp³-hybridized carbons (Fsp3) is 0.222. The molecular weight excluding hydrogens is 372 g/mol. The highest BCUT2D eigenvalue weighted by molar-refractivity contribution is 7.90. The molecule has 0 saturated heterocycles. The Labute approximate surface area is 156 Å². The summed E-state index contributed by atoms with van der Waals surface area (Å²) in [7, 11) is -1.73. The van der Waals surface area contributed by atoms with Crippen LogP contribution in [0.5, 0.6) is 0 Å². The molecule has 0 aliphatic heterocycles. The van der Waals surface area contributed by atoms with E-state index in [-0.39, 0.29) is 10.8 Å². The molecule has 0 bridgehead atoms. The number of thiazole rings is 1. The second-order valence-electron chi connectivity index (χ2n) is 5.71. The van der Waals surface area contributed by atoms with Crippen molar-refractivity contribution < 1.29 is 17.9 Å². The Morgan fingerprint density at radius 2 is 1.85 bits per heavy atom. The molecule has 2 aromatic carbocycles. The molecule has 1 aromatic heterocycles. The predicted molar refractivity (Wildman–Crippen MR) is 103 cm³/mol. The Morgan fingerprint density at radius 1 is 1.15 bits per heavy atom. The number of carbonyl (C=O) groups is 1. The van der Waals surface area contributed by atoms with Gasteiger partial charge in [0.25, 0.3) is 5.91 Å². The van der Waals surface area contributed by atoms with E-state index in [0.717, 1.165) is 16.5 Å². The van der Waals surface area contributed by atoms with Crippen molar-refractivity contribution in [3.63, 3.8) is 0 Å². The molecule has 0 N–H and O–H groups in total. The maximum Gasteiger partial charge on any atom is 0.260 e. The highest BCUT2D eigenvalue weighted by atomic mass is 32.2. The first kappa shape index (κ1) is 18.5. The van der Waals surface area contributed by atoms with Gasteiger partial charge in [0.05, 0.1) is 28.3 Å². The summed E-state index contributed by atoms with van der Waals surface area (Å²) in [5.74, 6) is -0.249. The zero-order valence-electron chi connectivity index (χ0n) is 14.4. The summed E-state index contributed by atoms with van der Waals surface area (Å²) in [6, 6.07) is 13.6. The first-order valence-corrected chi connectivity index (χ1v) is 10.6. The fourth-order valence-corrected chi connectivity index (χ4v) is 4.06. The number of hydrogen-bond donors (Lipinski definition) is 0. The third kappa shape index (κ3) is 3.92. The number of amides is 1. The number of hydrogen-bond acceptors (Lipinski definition) is 6. The lowest BCUT2D eigenvalue weighted by Crippen LogP contribution is -2.33. The fourth-order valence-electron chi connectivity index (χ4n) is 2.44. The number of carbonyl (C=O) groups excluding carboxylic acids is 1. The summed E-state index contributed by atoms with van der Waals surface area (Å²) in [6.07, 6.45) is 1.13. The number of sulfone groups is 1. The molecule has 0 spiro atoms. The summed E-state index contributed by atoms with van der Waals surface area (Å²) < 4.78 is 29.3. The zero-order valence-corrected chi connectivity index (χ0v) is 16.0. The van der Waals surface area contributed by atoms with Crippen LogP contribution in [0.4, 0.5) is 5.13 Å². The van der Waals surface area contributed by atoms with E-state index in [4.69, 9.17) is 4.74 Å². The predicted octanol–water partition coefficient (Wildman–Crippen LogP) is 2.99. The Kier molecular flexibility index (Phi) is 5.36. The molecule has 0 aliphatic carbocycles. The quantitative estimate of drug-likeness (QED) is 0.647. The van der Waals surface area contributed by atoms with Crippen LogP contribution in [-0.2, 0) is 14.6 Å². The lowest BCUT2D eigenvalue weighted by Gasteiger charge is -2.19. The second-order valence-corrected chi connectivity index (χ2v) is 8.74. The van der Waals surface area contributed by atoms with Gasteiger partial charge in [0.2, 0.25) is 0 Å². The van der Waals surface area contributed by atoms with Gasteiger partial charge in [-0.1, -0.05) is 23.5 Å². The highest BCUT2D eigenvalue weighted by Crippen LogP contribution is 2.29. The average Bonchev–Trinajstić information content (AvgIpc) is 3.05. The van der Waals surface area contributed by atoms with E-state index in [1.807, 2.05) is 24.3 Å². The lowest BCUT2D eigenvalue weighted by atomic mass is 10.2. The number of anilines is 1. The third-order valence-electron chi connectivity index (χ3n) is 3.81. The third-order valence-corrected chi connectivity index (χ3v) is 5.99. The molecule has 136 valence electrons. The van der Waals surface area contributed by atoms with Crippen molar-refractivity contribution in [2.45, 2.75) is 4.90 Å². The van der Waals surface area contributed by atoms with E-state index in [9.17, 15) is 13.2 Å². The number of fused-ring (bicyclic) bond motifs is 1. The van der Waals surface area contributed by atoms with E-state index in [2.05, 4.69) is 4.98 Å². The van der Waals surface area contributed by atoms with Crippen LogP contribution >= 0.6 is 11.3 Å². The van der Waals surface area contributed by atoms with Gasteiger partial charge in [-0.3, -0.25) is 9.69 Å². The number of methoxy groups -OCH3 is 1. The van der Waals surface area contributed by atoms with Gasteiger partial charge in [0, 0.05) is 18.9 Å². The van der Waals surface area contributed by atoms with Gasteiger partial charge >= 0.3 is 0 Å². The zero-order chi connectivity index (χ0) is 18.7. The van der Waals surface area contributed by atoms with Crippen LogP contribution in [0.3, 0.4) is 0 Å². The van der Waals surface area contributed by atoms with Crippen LogP contribution in [0.1, 0.15) is 10.4 Å². The van der Waals surface area contributed by atoms with Gasteiger partial charge in [-0.2, -0.15) is 0 Å².